The molecule has 408 valence electrons. The highest BCUT2D eigenvalue weighted by Gasteiger charge is 2.45. The zero-order valence-electron chi connectivity index (χ0n) is 48.4. The standard InChI is InChI=1S/C68H114N2O2/c1-7-11-15-19-23-27-31-35-39-43-47-59(48-44-40-36-32-28-24-20-16-12-8-2)69-63-55-57(5)51-53-61(63)65(67(69)71)66-62-54-52-58(6)56-64(62)70(68(66)72)60(49-45-41-37-33-29-25-21-17-13-9-3)50-46-42-38-34-30-26-22-18-14-10-4/h51-56,59-60H,7-50H2,1-6H3/b66-65+. The maximum Gasteiger partial charge on any atom is 0.260 e. The van der Waals surface area contributed by atoms with Gasteiger partial charge in [0.2, 0.25) is 0 Å². The lowest BCUT2D eigenvalue weighted by Gasteiger charge is -2.29. The molecule has 2 aromatic rings. The molecule has 0 unspecified atom stereocenters. The number of amides is 2. The van der Waals surface area contributed by atoms with Crippen molar-refractivity contribution in [3.63, 3.8) is 0 Å². The van der Waals surface area contributed by atoms with Gasteiger partial charge in [0.25, 0.3) is 11.8 Å². The summed E-state index contributed by atoms with van der Waals surface area (Å²) in [5.74, 6) is 0.134. The van der Waals surface area contributed by atoms with Gasteiger partial charge in [-0.25, -0.2) is 0 Å². The van der Waals surface area contributed by atoms with Crippen molar-refractivity contribution in [2.75, 3.05) is 9.80 Å². The fraction of sp³-hybridized carbons (Fsp3) is 0.765. The van der Waals surface area contributed by atoms with E-state index in [1.54, 1.807) is 0 Å². The summed E-state index contributed by atoms with van der Waals surface area (Å²) in [6.07, 6.45) is 56.8. The minimum absolute atomic E-state index is 0.0671. The van der Waals surface area contributed by atoms with Gasteiger partial charge in [-0.3, -0.25) is 9.59 Å². The number of hydrogen-bond donors (Lipinski definition) is 0. The summed E-state index contributed by atoms with van der Waals surface area (Å²) in [4.78, 5) is 35.6. The second kappa shape index (κ2) is 38.6. The van der Waals surface area contributed by atoms with E-state index in [0.29, 0.717) is 11.1 Å². The Balaban J connectivity index is 1.56. The first-order valence-electron chi connectivity index (χ1n) is 32.0. The summed E-state index contributed by atoms with van der Waals surface area (Å²) >= 11 is 0. The van der Waals surface area contributed by atoms with E-state index in [4.69, 9.17) is 0 Å². The Morgan fingerprint density at radius 2 is 0.514 bits per heavy atom. The smallest absolute Gasteiger partial charge is 0.260 e. The first-order valence-corrected chi connectivity index (χ1v) is 32.0. The van der Waals surface area contributed by atoms with Crippen LogP contribution in [-0.2, 0) is 9.59 Å². The average molecular weight is 992 g/mol. The number of carbonyl (C=O) groups excluding carboxylic acids is 2. The lowest BCUT2D eigenvalue weighted by molar-refractivity contribution is -0.115. The van der Waals surface area contributed by atoms with E-state index in [1.807, 2.05) is 0 Å². The zero-order valence-corrected chi connectivity index (χ0v) is 48.4. The highest BCUT2D eigenvalue weighted by Crippen LogP contribution is 2.49. The van der Waals surface area contributed by atoms with E-state index < -0.39 is 0 Å². The van der Waals surface area contributed by atoms with E-state index in [1.165, 1.54) is 242 Å². The summed E-state index contributed by atoms with van der Waals surface area (Å²) in [6.45, 7) is 13.5. The largest absolute Gasteiger partial charge is 0.305 e. The lowest BCUT2D eigenvalue weighted by Crippen LogP contribution is -2.39. The maximum atomic E-state index is 15.6. The van der Waals surface area contributed by atoms with Gasteiger partial charge >= 0.3 is 0 Å². The molecule has 0 saturated heterocycles. The first-order chi connectivity index (χ1) is 35.4. The van der Waals surface area contributed by atoms with Crippen LogP contribution in [0.4, 0.5) is 11.4 Å². The van der Waals surface area contributed by atoms with Crippen LogP contribution in [0.1, 0.15) is 332 Å². The highest BCUT2D eigenvalue weighted by molar-refractivity contribution is 6.50. The van der Waals surface area contributed by atoms with Crippen molar-refractivity contribution >= 4 is 34.3 Å². The van der Waals surface area contributed by atoms with Gasteiger partial charge in [-0.2, -0.15) is 0 Å². The molecule has 0 bridgehead atoms. The number of rotatable bonds is 46. The monoisotopic (exact) mass is 991 g/mol. The summed E-state index contributed by atoms with van der Waals surface area (Å²) in [7, 11) is 0. The Hall–Kier alpha value is -2.88. The van der Waals surface area contributed by atoms with Crippen LogP contribution in [0.5, 0.6) is 0 Å². The molecule has 0 radical (unpaired) electrons. The Kier molecular flexibility index (Phi) is 33.1. The minimum Gasteiger partial charge on any atom is -0.305 e. The van der Waals surface area contributed by atoms with E-state index in [9.17, 15) is 0 Å². The van der Waals surface area contributed by atoms with Crippen molar-refractivity contribution in [2.24, 2.45) is 0 Å². The SMILES string of the molecule is CCCCCCCCCCCCC(CCCCCCCCCCCC)N1C(=O)/C(=C2/C(=O)N(C(CCCCCCCCCCCC)CCCCCCCCCCCC)c3cc(C)ccc32)c2ccc(C)cc21. The summed E-state index contributed by atoms with van der Waals surface area (Å²) in [5, 5.41) is 0. The molecule has 2 heterocycles. The molecule has 2 aliphatic heterocycles. The van der Waals surface area contributed by atoms with Gasteiger partial charge in [0.1, 0.15) is 0 Å². The van der Waals surface area contributed by atoms with Crippen molar-refractivity contribution in [3.05, 3.63) is 58.7 Å². The number of anilines is 2. The molecule has 0 fully saturated rings. The van der Waals surface area contributed by atoms with Crippen LogP contribution in [0.3, 0.4) is 0 Å². The summed E-state index contributed by atoms with van der Waals surface area (Å²) < 4.78 is 0. The Labute approximate surface area is 446 Å². The van der Waals surface area contributed by atoms with Crippen molar-refractivity contribution in [3.8, 4) is 0 Å². The predicted octanol–water partition coefficient (Wildman–Crippen LogP) is 21.9. The molecule has 4 rings (SSSR count). The normalized spacial score (nSPS) is 14.6. The number of carbonyl (C=O) groups is 2. The van der Waals surface area contributed by atoms with Crippen LogP contribution in [0.2, 0.25) is 0 Å². The fourth-order valence-corrected chi connectivity index (χ4v) is 12.3. The average Bonchev–Trinajstić information content (AvgIpc) is 3.81. The van der Waals surface area contributed by atoms with Gasteiger partial charge in [0.15, 0.2) is 0 Å². The third-order valence-electron chi connectivity index (χ3n) is 16.8. The molecule has 0 aromatic heterocycles. The highest BCUT2D eigenvalue weighted by atomic mass is 16.2. The summed E-state index contributed by atoms with van der Waals surface area (Å²) in [6, 6.07) is 13.5. The van der Waals surface area contributed by atoms with Crippen LogP contribution < -0.4 is 9.80 Å². The Morgan fingerprint density at radius 1 is 0.306 bits per heavy atom. The maximum absolute atomic E-state index is 15.6. The zero-order chi connectivity index (χ0) is 51.4. The van der Waals surface area contributed by atoms with E-state index >= 15 is 9.59 Å². The quantitative estimate of drug-likeness (QED) is 0.0490. The molecule has 0 aliphatic carbocycles. The van der Waals surface area contributed by atoms with Gasteiger partial charge in [-0.05, 0) is 62.8 Å². The molecule has 72 heavy (non-hydrogen) atoms. The Morgan fingerprint density at radius 3 is 0.736 bits per heavy atom. The number of unbranched alkanes of at least 4 members (excludes halogenated alkanes) is 36. The predicted molar refractivity (Wildman–Crippen MR) is 318 cm³/mol. The third-order valence-corrected chi connectivity index (χ3v) is 16.8. The molecule has 0 spiro atoms. The van der Waals surface area contributed by atoms with Gasteiger partial charge in [0, 0.05) is 23.2 Å². The molecule has 0 saturated carbocycles. The fourth-order valence-electron chi connectivity index (χ4n) is 12.3. The Bertz CT molecular complexity index is 1600. The summed E-state index contributed by atoms with van der Waals surface area (Å²) in [5.41, 5.74) is 7.71. The number of benzene rings is 2. The van der Waals surface area contributed by atoms with Gasteiger partial charge in [-0.1, -0.05) is 309 Å². The van der Waals surface area contributed by atoms with Crippen LogP contribution in [0.15, 0.2) is 36.4 Å². The van der Waals surface area contributed by atoms with Crippen LogP contribution >= 0.6 is 0 Å². The second-order valence-corrected chi connectivity index (χ2v) is 23.3. The lowest BCUT2D eigenvalue weighted by atomic mass is 9.95. The third kappa shape index (κ3) is 22.1. The molecular formula is C68H114N2O2. The van der Waals surface area contributed by atoms with E-state index in [-0.39, 0.29) is 23.9 Å². The number of fused-ring (bicyclic) bond motifs is 2. The van der Waals surface area contributed by atoms with Gasteiger partial charge in [0.05, 0.1) is 22.5 Å². The van der Waals surface area contributed by atoms with Crippen molar-refractivity contribution < 1.29 is 9.59 Å². The number of hydrogen-bond acceptors (Lipinski definition) is 2. The van der Waals surface area contributed by atoms with Crippen LogP contribution in [-0.4, -0.2) is 23.9 Å². The molecule has 4 nitrogen and oxygen atoms in total. The van der Waals surface area contributed by atoms with E-state index in [2.05, 4.69) is 87.7 Å². The molecule has 2 amide bonds. The minimum atomic E-state index is 0.0671. The topological polar surface area (TPSA) is 40.6 Å². The van der Waals surface area contributed by atoms with Crippen LogP contribution in [0.25, 0.3) is 11.1 Å². The molecule has 2 aliphatic rings. The van der Waals surface area contributed by atoms with Crippen molar-refractivity contribution in [2.45, 2.75) is 336 Å². The molecule has 0 atom stereocenters. The molecule has 4 heteroatoms. The van der Waals surface area contributed by atoms with Gasteiger partial charge < -0.3 is 9.80 Å². The second-order valence-electron chi connectivity index (χ2n) is 23.3. The number of aryl methyl sites for hydroxylation is 2. The van der Waals surface area contributed by atoms with Crippen molar-refractivity contribution in [1.29, 1.82) is 0 Å². The first kappa shape index (κ1) is 61.7. The van der Waals surface area contributed by atoms with Crippen molar-refractivity contribution in [1.82, 2.24) is 0 Å². The van der Waals surface area contributed by atoms with Crippen LogP contribution in [0, 0.1) is 13.8 Å². The number of nitrogens with zero attached hydrogens (tertiary/aromatic N) is 2. The van der Waals surface area contributed by atoms with E-state index in [0.717, 1.165) is 73.9 Å². The molecular weight excluding hydrogens is 877 g/mol. The molecule has 2 aromatic carbocycles. The molecule has 0 N–H and O–H groups in total. The van der Waals surface area contributed by atoms with Gasteiger partial charge in [-0.15, -0.1) is 0 Å².